The van der Waals surface area contributed by atoms with Gasteiger partial charge >= 0.3 is 0 Å². The first-order chi connectivity index (χ1) is 8.22. The Morgan fingerprint density at radius 2 is 2.47 bits per heavy atom. The number of hydrogen-bond donors (Lipinski definition) is 2. The van der Waals surface area contributed by atoms with Gasteiger partial charge < -0.3 is 11.1 Å². The monoisotopic (exact) mass is 254 g/mol. The van der Waals surface area contributed by atoms with E-state index >= 15 is 0 Å². The first kappa shape index (κ1) is 12.5. The molecule has 0 radical (unpaired) electrons. The van der Waals surface area contributed by atoms with Gasteiger partial charge in [-0.3, -0.25) is 9.69 Å². The van der Waals surface area contributed by atoms with Crippen molar-refractivity contribution in [1.29, 1.82) is 0 Å². The molecule has 0 aromatic carbocycles. The smallest absolute Gasteiger partial charge is 0.227 e. The van der Waals surface area contributed by atoms with E-state index in [0.717, 1.165) is 31.7 Å². The van der Waals surface area contributed by atoms with Gasteiger partial charge in [0.25, 0.3) is 0 Å². The van der Waals surface area contributed by atoms with E-state index in [1.54, 1.807) is 11.3 Å². The highest BCUT2D eigenvalue weighted by Crippen LogP contribution is 2.28. The summed E-state index contributed by atoms with van der Waals surface area (Å²) >= 11 is 1.58. The second-order valence-electron chi connectivity index (χ2n) is 4.09. The summed E-state index contributed by atoms with van der Waals surface area (Å²) in [5.41, 5.74) is 6.47. The van der Waals surface area contributed by atoms with Gasteiger partial charge in [0, 0.05) is 37.4 Å². The second kappa shape index (κ2) is 5.57. The van der Waals surface area contributed by atoms with Crippen molar-refractivity contribution in [2.75, 3.05) is 25.0 Å². The fourth-order valence-corrected chi connectivity index (χ4v) is 2.95. The maximum atomic E-state index is 11.4. The van der Waals surface area contributed by atoms with Gasteiger partial charge in [-0.15, -0.1) is 11.3 Å². The number of fused-ring (bicyclic) bond motifs is 1. The third-order valence-corrected chi connectivity index (χ3v) is 3.87. The van der Waals surface area contributed by atoms with Gasteiger partial charge in [-0.2, -0.15) is 0 Å². The number of rotatable bonds is 4. The lowest BCUT2D eigenvalue weighted by Gasteiger charge is -2.23. The van der Waals surface area contributed by atoms with Crippen molar-refractivity contribution in [3.8, 4) is 0 Å². The Hall–Kier alpha value is -0.980. The van der Waals surface area contributed by atoms with Gasteiger partial charge in [-0.1, -0.05) is 6.92 Å². The van der Waals surface area contributed by atoms with Crippen molar-refractivity contribution in [1.82, 2.24) is 9.88 Å². The van der Waals surface area contributed by atoms with Gasteiger partial charge in [0.1, 0.15) is 0 Å². The molecule has 0 saturated carbocycles. The minimum absolute atomic E-state index is 0.0501. The number of nitrogens with one attached hydrogen (secondary N) is 1. The third kappa shape index (κ3) is 3.02. The normalized spacial score (nSPS) is 15.6. The number of thiazole rings is 1. The van der Waals surface area contributed by atoms with Gasteiger partial charge in [0.2, 0.25) is 5.91 Å². The van der Waals surface area contributed by atoms with Gasteiger partial charge in [0.05, 0.1) is 5.69 Å². The molecule has 1 aromatic rings. The second-order valence-corrected chi connectivity index (χ2v) is 5.18. The van der Waals surface area contributed by atoms with Crippen molar-refractivity contribution in [2.24, 2.45) is 5.73 Å². The largest absolute Gasteiger partial charge is 0.330 e. The molecule has 3 N–H and O–H groups in total. The predicted molar refractivity (Wildman–Crippen MR) is 69.1 cm³/mol. The van der Waals surface area contributed by atoms with Crippen LogP contribution in [-0.4, -0.2) is 35.4 Å². The molecule has 94 valence electrons. The summed E-state index contributed by atoms with van der Waals surface area (Å²) in [6.07, 6.45) is 1.33. The van der Waals surface area contributed by atoms with Crippen LogP contribution in [0.3, 0.4) is 0 Å². The van der Waals surface area contributed by atoms with Crippen LogP contribution < -0.4 is 11.1 Å². The first-order valence-electron chi connectivity index (χ1n) is 5.93. The molecule has 0 bridgehead atoms. The molecule has 5 nitrogen and oxygen atoms in total. The van der Waals surface area contributed by atoms with Crippen LogP contribution in [0.1, 0.15) is 23.9 Å². The molecule has 1 aliphatic rings. The molecule has 0 fully saturated rings. The van der Waals surface area contributed by atoms with Crippen LogP contribution in [0.15, 0.2) is 0 Å². The number of carbonyl (C=O) groups excluding carboxylic acids is 1. The summed E-state index contributed by atoms with van der Waals surface area (Å²) in [5, 5.41) is 3.52. The summed E-state index contributed by atoms with van der Waals surface area (Å²) in [7, 11) is 0. The van der Waals surface area contributed by atoms with E-state index in [0.29, 0.717) is 18.1 Å². The number of carbonyl (C=O) groups is 1. The molecule has 6 heteroatoms. The fraction of sp³-hybridized carbons (Fsp3) is 0.636. The molecule has 1 amide bonds. The lowest BCUT2D eigenvalue weighted by atomic mass is 10.2. The van der Waals surface area contributed by atoms with Gasteiger partial charge in [-0.25, -0.2) is 4.98 Å². The number of hydrogen-bond acceptors (Lipinski definition) is 5. The van der Waals surface area contributed by atoms with E-state index < -0.39 is 0 Å². The first-order valence-corrected chi connectivity index (χ1v) is 6.75. The quantitative estimate of drug-likeness (QED) is 0.834. The van der Waals surface area contributed by atoms with Crippen LogP contribution in [-0.2, 0) is 17.8 Å². The van der Waals surface area contributed by atoms with E-state index in [9.17, 15) is 4.79 Å². The zero-order valence-corrected chi connectivity index (χ0v) is 10.8. The summed E-state index contributed by atoms with van der Waals surface area (Å²) in [6, 6.07) is 0. The van der Waals surface area contributed by atoms with Crippen molar-refractivity contribution >= 4 is 22.4 Å². The fourth-order valence-electron chi connectivity index (χ4n) is 1.88. The molecular formula is C11H18N4OS. The number of nitrogens with zero attached hydrogens (tertiary/aromatic N) is 2. The van der Waals surface area contributed by atoms with Crippen molar-refractivity contribution in [3.05, 3.63) is 10.6 Å². The zero-order chi connectivity index (χ0) is 12.3. The molecule has 17 heavy (non-hydrogen) atoms. The Labute approximate surface area is 105 Å². The predicted octanol–water partition coefficient (Wildman–Crippen LogP) is 0.808. The summed E-state index contributed by atoms with van der Waals surface area (Å²) in [4.78, 5) is 19.5. The van der Waals surface area contributed by atoms with E-state index in [1.165, 1.54) is 4.88 Å². The molecular weight excluding hydrogens is 236 g/mol. The average molecular weight is 254 g/mol. The molecule has 0 atom stereocenters. The Balaban J connectivity index is 2.02. The molecule has 0 aliphatic carbocycles. The molecule has 0 saturated heterocycles. The number of anilines is 1. The molecule has 2 heterocycles. The van der Waals surface area contributed by atoms with E-state index in [-0.39, 0.29) is 5.91 Å². The minimum Gasteiger partial charge on any atom is -0.330 e. The van der Waals surface area contributed by atoms with Crippen molar-refractivity contribution < 1.29 is 4.79 Å². The number of nitrogens with two attached hydrogens (primary N) is 1. The summed E-state index contributed by atoms with van der Waals surface area (Å²) < 4.78 is 0. The standard InChI is InChI=1S/C11H18N4OS/c1-2-15-6-4-8-9(7-15)17-11(13-8)14-10(16)3-5-12/h2-7,12H2,1H3,(H,13,14,16). The molecule has 2 rings (SSSR count). The van der Waals surface area contributed by atoms with Crippen LogP contribution in [0.4, 0.5) is 5.13 Å². The van der Waals surface area contributed by atoms with Crippen LogP contribution >= 0.6 is 11.3 Å². The third-order valence-electron chi connectivity index (χ3n) is 2.88. The maximum absolute atomic E-state index is 11.4. The molecule has 0 unspecified atom stereocenters. The molecule has 0 spiro atoms. The number of likely N-dealkylation sites (N-methyl/N-ethyl adjacent to an activating group) is 1. The number of aromatic nitrogens is 1. The lowest BCUT2D eigenvalue weighted by molar-refractivity contribution is -0.116. The summed E-state index contributed by atoms with van der Waals surface area (Å²) in [6.45, 7) is 5.61. The van der Waals surface area contributed by atoms with E-state index in [2.05, 4.69) is 22.1 Å². The van der Waals surface area contributed by atoms with Crippen LogP contribution in [0.5, 0.6) is 0 Å². The Morgan fingerprint density at radius 3 is 3.18 bits per heavy atom. The van der Waals surface area contributed by atoms with Gasteiger partial charge in [-0.05, 0) is 6.54 Å². The summed E-state index contributed by atoms with van der Waals surface area (Å²) in [5.74, 6) is -0.0501. The van der Waals surface area contributed by atoms with Crippen LogP contribution in [0.2, 0.25) is 0 Å². The highest BCUT2D eigenvalue weighted by Gasteiger charge is 2.20. The average Bonchev–Trinajstić information content (AvgIpc) is 2.69. The Bertz CT molecular complexity index is 404. The highest BCUT2D eigenvalue weighted by atomic mass is 32.1. The topological polar surface area (TPSA) is 71.2 Å². The van der Waals surface area contributed by atoms with Gasteiger partial charge in [0.15, 0.2) is 5.13 Å². The van der Waals surface area contributed by atoms with E-state index in [4.69, 9.17) is 5.73 Å². The lowest BCUT2D eigenvalue weighted by Crippen LogP contribution is -2.29. The van der Waals surface area contributed by atoms with Crippen molar-refractivity contribution in [2.45, 2.75) is 26.3 Å². The minimum atomic E-state index is -0.0501. The van der Waals surface area contributed by atoms with Crippen molar-refractivity contribution in [3.63, 3.8) is 0 Å². The van der Waals surface area contributed by atoms with E-state index in [1.807, 2.05) is 0 Å². The zero-order valence-electron chi connectivity index (χ0n) is 10.0. The Kier molecular flexibility index (Phi) is 4.09. The van der Waals surface area contributed by atoms with Crippen LogP contribution in [0, 0.1) is 0 Å². The number of amides is 1. The Morgan fingerprint density at radius 1 is 1.65 bits per heavy atom. The maximum Gasteiger partial charge on any atom is 0.227 e. The van der Waals surface area contributed by atoms with Crippen LogP contribution in [0.25, 0.3) is 0 Å². The highest BCUT2D eigenvalue weighted by molar-refractivity contribution is 7.15. The molecule has 1 aromatic heterocycles. The molecule has 1 aliphatic heterocycles. The SMILES string of the molecule is CCN1CCc2nc(NC(=O)CCN)sc2C1.